The molecule has 1 aliphatic carbocycles. The fourth-order valence-corrected chi connectivity index (χ4v) is 2.73. The minimum absolute atomic E-state index is 0.0144. The number of aliphatic hydroxyl groups is 1. The summed E-state index contributed by atoms with van der Waals surface area (Å²) in [7, 11) is 0. The largest absolute Gasteiger partial charge is 0.396 e. The molecular formula is C15H21NO2S. The molecule has 1 fully saturated rings. The lowest BCUT2D eigenvalue weighted by Gasteiger charge is -2.16. The molecule has 0 aromatic heterocycles. The molecule has 1 aliphatic rings. The fourth-order valence-electron chi connectivity index (χ4n) is 1.86. The van der Waals surface area contributed by atoms with Crippen molar-refractivity contribution >= 4 is 17.7 Å². The summed E-state index contributed by atoms with van der Waals surface area (Å²) in [5.41, 5.74) is 1.22. The second-order valence-corrected chi connectivity index (χ2v) is 6.64. The van der Waals surface area contributed by atoms with Crippen molar-refractivity contribution in [1.29, 1.82) is 0 Å². The molecule has 1 atom stereocenters. The van der Waals surface area contributed by atoms with E-state index >= 15 is 0 Å². The van der Waals surface area contributed by atoms with Crippen molar-refractivity contribution in [1.82, 2.24) is 5.32 Å². The average Bonchev–Trinajstić information content (AvgIpc) is 3.24. The predicted molar refractivity (Wildman–Crippen MR) is 79.0 cm³/mol. The van der Waals surface area contributed by atoms with Crippen LogP contribution in [0.2, 0.25) is 0 Å². The predicted octanol–water partition coefficient (Wildman–Crippen LogP) is 2.20. The molecule has 0 heterocycles. The third-order valence-electron chi connectivity index (χ3n) is 3.64. The average molecular weight is 279 g/mol. The molecule has 1 aromatic carbocycles. The first-order chi connectivity index (χ1) is 9.15. The van der Waals surface area contributed by atoms with Crippen LogP contribution < -0.4 is 5.32 Å². The maximum absolute atomic E-state index is 11.9. The smallest absolute Gasteiger partial charge is 0.232 e. The van der Waals surface area contributed by atoms with Gasteiger partial charge < -0.3 is 10.4 Å². The third-order valence-corrected chi connectivity index (χ3v) is 4.86. The van der Waals surface area contributed by atoms with Crippen LogP contribution in [-0.2, 0) is 10.5 Å². The molecular weight excluding hydrogens is 258 g/mol. The summed E-state index contributed by atoms with van der Waals surface area (Å²) in [5.74, 6) is 0.918. The van der Waals surface area contributed by atoms with Crippen molar-refractivity contribution in [2.75, 3.05) is 13.2 Å². The second-order valence-electron chi connectivity index (χ2n) is 5.31. The van der Waals surface area contributed by atoms with Crippen LogP contribution in [0, 0.1) is 5.41 Å². The highest BCUT2D eigenvalue weighted by atomic mass is 32.2. The number of aliphatic hydroxyl groups excluding tert-OH is 1. The van der Waals surface area contributed by atoms with E-state index in [4.69, 9.17) is 0 Å². The number of amides is 1. The van der Waals surface area contributed by atoms with Gasteiger partial charge in [0.25, 0.3) is 0 Å². The van der Waals surface area contributed by atoms with Crippen LogP contribution in [0.25, 0.3) is 0 Å². The highest BCUT2D eigenvalue weighted by Gasteiger charge is 2.42. The summed E-state index contributed by atoms with van der Waals surface area (Å²) in [5, 5.41) is 12.1. The maximum atomic E-state index is 11.9. The summed E-state index contributed by atoms with van der Waals surface area (Å²) in [6, 6.07) is 10.2. The van der Waals surface area contributed by atoms with Gasteiger partial charge in [0.15, 0.2) is 0 Å². The van der Waals surface area contributed by atoms with E-state index in [9.17, 15) is 9.90 Å². The summed E-state index contributed by atoms with van der Waals surface area (Å²) in [6.45, 7) is 2.72. The Morgan fingerprint density at radius 3 is 2.68 bits per heavy atom. The molecule has 3 nitrogen and oxygen atoms in total. The molecule has 2 N–H and O–H groups in total. The van der Waals surface area contributed by atoms with Crippen LogP contribution in [0.4, 0.5) is 0 Å². The zero-order valence-electron chi connectivity index (χ0n) is 11.3. The van der Waals surface area contributed by atoms with Gasteiger partial charge in [-0.1, -0.05) is 30.3 Å². The van der Waals surface area contributed by atoms with Gasteiger partial charge >= 0.3 is 0 Å². The molecule has 0 radical (unpaired) electrons. The summed E-state index contributed by atoms with van der Waals surface area (Å²) >= 11 is 1.64. The molecule has 4 heteroatoms. The first-order valence-corrected chi connectivity index (χ1v) is 7.74. The number of hydrogen-bond donors (Lipinski definition) is 2. The quantitative estimate of drug-likeness (QED) is 0.804. The summed E-state index contributed by atoms with van der Waals surface area (Å²) in [4.78, 5) is 11.9. The SMILES string of the molecule is CC(SCc1ccccc1)C(=O)NCC1(CO)CC1. The lowest BCUT2D eigenvalue weighted by molar-refractivity contribution is -0.120. The normalized spacial score (nSPS) is 17.8. The molecule has 1 saturated carbocycles. The van der Waals surface area contributed by atoms with Crippen LogP contribution in [0.5, 0.6) is 0 Å². The molecule has 0 bridgehead atoms. The Balaban J connectivity index is 1.70. The van der Waals surface area contributed by atoms with Gasteiger partial charge in [-0.2, -0.15) is 0 Å². The molecule has 1 aromatic rings. The van der Waals surface area contributed by atoms with E-state index in [-0.39, 0.29) is 23.2 Å². The van der Waals surface area contributed by atoms with Gasteiger partial charge in [-0.25, -0.2) is 0 Å². The number of thioether (sulfide) groups is 1. The van der Waals surface area contributed by atoms with E-state index in [0.717, 1.165) is 18.6 Å². The van der Waals surface area contributed by atoms with Crippen molar-refractivity contribution in [3.8, 4) is 0 Å². The van der Waals surface area contributed by atoms with Gasteiger partial charge in [-0.3, -0.25) is 4.79 Å². The van der Waals surface area contributed by atoms with Crippen LogP contribution >= 0.6 is 11.8 Å². The molecule has 0 spiro atoms. The Labute approximate surface area is 118 Å². The van der Waals surface area contributed by atoms with E-state index in [1.807, 2.05) is 25.1 Å². The first kappa shape index (κ1) is 14.4. The van der Waals surface area contributed by atoms with E-state index in [1.165, 1.54) is 5.56 Å². The Kier molecular flexibility index (Phi) is 4.88. The van der Waals surface area contributed by atoms with Gasteiger partial charge in [-0.15, -0.1) is 11.8 Å². The molecule has 1 amide bonds. The lowest BCUT2D eigenvalue weighted by Crippen LogP contribution is -2.36. The third kappa shape index (κ3) is 4.25. The van der Waals surface area contributed by atoms with E-state index in [1.54, 1.807) is 11.8 Å². The monoisotopic (exact) mass is 279 g/mol. The van der Waals surface area contributed by atoms with E-state index < -0.39 is 0 Å². The van der Waals surface area contributed by atoms with Crippen molar-refractivity contribution in [2.24, 2.45) is 5.41 Å². The Hall–Kier alpha value is -1.00. The number of hydrogen-bond acceptors (Lipinski definition) is 3. The molecule has 1 unspecified atom stereocenters. The molecule has 0 aliphatic heterocycles. The van der Waals surface area contributed by atoms with Crippen molar-refractivity contribution in [2.45, 2.75) is 30.8 Å². The van der Waals surface area contributed by atoms with Crippen LogP contribution in [0.1, 0.15) is 25.3 Å². The number of carbonyl (C=O) groups excluding carboxylic acids is 1. The van der Waals surface area contributed by atoms with Crippen molar-refractivity contribution in [3.05, 3.63) is 35.9 Å². The number of benzene rings is 1. The molecule has 0 saturated heterocycles. The van der Waals surface area contributed by atoms with Gasteiger partial charge in [0.05, 0.1) is 11.9 Å². The van der Waals surface area contributed by atoms with E-state index in [0.29, 0.717) is 6.54 Å². The second kappa shape index (κ2) is 6.44. The summed E-state index contributed by atoms with van der Waals surface area (Å²) < 4.78 is 0. The Morgan fingerprint density at radius 1 is 1.42 bits per heavy atom. The summed E-state index contributed by atoms with van der Waals surface area (Å²) in [6.07, 6.45) is 2.05. The zero-order valence-corrected chi connectivity index (χ0v) is 12.1. The van der Waals surface area contributed by atoms with Crippen LogP contribution in [0.15, 0.2) is 30.3 Å². The molecule has 104 valence electrons. The van der Waals surface area contributed by atoms with Crippen molar-refractivity contribution in [3.63, 3.8) is 0 Å². The van der Waals surface area contributed by atoms with Crippen LogP contribution in [-0.4, -0.2) is 29.4 Å². The zero-order chi connectivity index (χ0) is 13.7. The van der Waals surface area contributed by atoms with Gasteiger partial charge in [0.1, 0.15) is 0 Å². The fraction of sp³-hybridized carbons (Fsp3) is 0.533. The standard InChI is InChI=1S/C15H21NO2S/c1-12(19-9-13-5-3-2-4-6-13)14(18)16-10-15(11-17)7-8-15/h2-6,12,17H,7-11H2,1H3,(H,16,18). The maximum Gasteiger partial charge on any atom is 0.232 e. The number of nitrogens with one attached hydrogen (secondary N) is 1. The van der Waals surface area contributed by atoms with Crippen molar-refractivity contribution < 1.29 is 9.90 Å². The Morgan fingerprint density at radius 2 is 2.11 bits per heavy atom. The number of carbonyl (C=O) groups is 1. The first-order valence-electron chi connectivity index (χ1n) is 6.69. The van der Waals surface area contributed by atoms with Gasteiger partial charge in [0, 0.05) is 17.7 Å². The minimum atomic E-state index is -0.0605. The molecule has 19 heavy (non-hydrogen) atoms. The highest BCUT2D eigenvalue weighted by Crippen LogP contribution is 2.44. The highest BCUT2D eigenvalue weighted by molar-refractivity contribution is 7.99. The molecule has 2 rings (SSSR count). The Bertz CT molecular complexity index is 417. The van der Waals surface area contributed by atoms with Crippen LogP contribution in [0.3, 0.4) is 0 Å². The minimum Gasteiger partial charge on any atom is -0.396 e. The van der Waals surface area contributed by atoms with Gasteiger partial charge in [0.2, 0.25) is 5.91 Å². The number of rotatable bonds is 7. The topological polar surface area (TPSA) is 49.3 Å². The van der Waals surface area contributed by atoms with Gasteiger partial charge in [-0.05, 0) is 25.3 Å². The lowest BCUT2D eigenvalue weighted by atomic mass is 10.1. The van der Waals surface area contributed by atoms with E-state index in [2.05, 4.69) is 17.4 Å².